The van der Waals surface area contributed by atoms with E-state index < -0.39 is 0 Å². The van der Waals surface area contributed by atoms with Gasteiger partial charge in [0.05, 0.1) is 5.69 Å². The predicted octanol–water partition coefficient (Wildman–Crippen LogP) is 1.14. The molecule has 0 bridgehead atoms. The number of rotatable bonds is 3. The molecule has 0 spiro atoms. The largest absolute Gasteiger partial charge is 0.341 e. The third-order valence-electron chi connectivity index (χ3n) is 2.85. The number of nitrogens with zero attached hydrogens (tertiary/aromatic N) is 3. The summed E-state index contributed by atoms with van der Waals surface area (Å²) in [6.45, 7) is 7.27. The molecule has 2 rings (SSSR count). The second-order valence-corrected chi connectivity index (χ2v) is 4.37. The van der Waals surface area contributed by atoms with E-state index in [1.54, 1.807) is 0 Å². The van der Waals surface area contributed by atoms with Crippen LogP contribution in [0.2, 0.25) is 0 Å². The summed E-state index contributed by atoms with van der Waals surface area (Å²) in [6.07, 6.45) is 4.35. The van der Waals surface area contributed by atoms with Gasteiger partial charge in [-0.2, -0.15) is 0 Å². The van der Waals surface area contributed by atoms with Crippen LogP contribution in [-0.2, 0) is 6.54 Å². The zero-order valence-electron chi connectivity index (χ0n) is 9.61. The highest BCUT2D eigenvalue weighted by Crippen LogP contribution is 2.19. The average Bonchev–Trinajstić information content (AvgIpc) is 2.73. The summed E-state index contributed by atoms with van der Waals surface area (Å²) in [5, 5.41) is 0. The van der Waals surface area contributed by atoms with Crippen LogP contribution in [-0.4, -0.2) is 28.7 Å². The van der Waals surface area contributed by atoms with Gasteiger partial charge in [0.25, 0.3) is 0 Å². The molecule has 1 fully saturated rings. The van der Waals surface area contributed by atoms with Crippen LogP contribution >= 0.6 is 0 Å². The van der Waals surface area contributed by atoms with Crippen LogP contribution in [0.25, 0.3) is 0 Å². The van der Waals surface area contributed by atoms with Gasteiger partial charge in [-0.05, 0) is 19.8 Å². The van der Waals surface area contributed by atoms with E-state index in [2.05, 4.69) is 27.6 Å². The monoisotopic (exact) mass is 208 g/mol. The minimum Gasteiger partial charge on any atom is -0.341 e. The first-order chi connectivity index (χ1) is 7.20. The van der Waals surface area contributed by atoms with Crippen molar-refractivity contribution >= 4 is 5.95 Å². The summed E-state index contributed by atoms with van der Waals surface area (Å²) in [4.78, 5) is 6.88. The molecule has 15 heavy (non-hydrogen) atoms. The summed E-state index contributed by atoms with van der Waals surface area (Å²) in [7, 11) is 0. The zero-order chi connectivity index (χ0) is 10.8. The summed E-state index contributed by atoms with van der Waals surface area (Å²) < 4.78 is 2.24. The molecule has 2 N–H and O–H groups in total. The molecule has 1 unspecified atom stereocenters. The third kappa shape index (κ3) is 2.15. The SMILES string of the molecule is CCCn1cc(C)nc1N1CCC(N)C1. The van der Waals surface area contributed by atoms with Crippen molar-refractivity contribution in [2.24, 2.45) is 5.73 Å². The molecule has 1 aliphatic rings. The average molecular weight is 208 g/mol. The number of anilines is 1. The van der Waals surface area contributed by atoms with E-state index in [-0.39, 0.29) is 0 Å². The molecule has 0 amide bonds. The van der Waals surface area contributed by atoms with Gasteiger partial charge in [0.15, 0.2) is 0 Å². The highest BCUT2D eigenvalue weighted by atomic mass is 15.3. The number of imidazole rings is 1. The zero-order valence-corrected chi connectivity index (χ0v) is 9.61. The Bertz CT molecular complexity index is 331. The molecule has 0 aromatic carbocycles. The lowest BCUT2D eigenvalue weighted by Gasteiger charge is -2.18. The fourth-order valence-electron chi connectivity index (χ4n) is 2.16. The first kappa shape index (κ1) is 10.5. The lowest BCUT2D eigenvalue weighted by molar-refractivity contribution is 0.662. The highest BCUT2D eigenvalue weighted by molar-refractivity contribution is 5.35. The summed E-state index contributed by atoms with van der Waals surface area (Å²) in [6, 6.07) is 0.317. The molecule has 1 saturated heterocycles. The van der Waals surface area contributed by atoms with Gasteiger partial charge in [0.2, 0.25) is 5.95 Å². The van der Waals surface area contributed by atoms with Crippen molar-refractivity contribution in [1.82, 2.24) is 9.55 Å². The second-order valence-electron chi connectivity index (χ2n) is 4.37. The molecule has 2 heterocycles. The molecule has 1 atom stereocenters. The lowest BCUT2D eigenvalue weighted by atomic mass is 10.3. The molecule has 0 aliphatic carbocycles. The van der Waals surface area contributed by atoms with Gasteiger partial charge in [0, 0.05) is 31.9 Å². The Morgan fingerprint density at radius 3 is 3.00 bits per heavy atom. The third-order valence-corrected chi connectivity index (χ3v) is 2.85. The van der Waals surface area contributed by atoms with Crippen molar-refractivity contribution < 1.29 is 0 Å². The van der Waals surface area contributed by atoms with E-state index in [0.29, 0.717) is 6.04 Å². The molecule has 84 valence electrons. The molecular formula is C11H20N4. The molecular weight excluding hydrogens is 188 g/mol. The van der Waals surface area contributed by atoms with E-state index in [9.17, 15) is 0 Å². The quantitative estimate of drug-likeness (QED) is 0.810. The Labute approximate surface area is 91.1 Å². The van der Waals surface area contributed by atoms with E-state index in [1.807, 2.05) is 6.92 Å². The first-order valence-corrected chi connectivity index (χ1v) is 5.75. The Morgan fingerprint density at radius 2 is 2.40 bits per heavy atom. The Kier molecular flexibility index (Phi) is 2.95. The van der Waals surface area contributed by atoms with Crippen LogP contribution in [0.5, 0.6) is 0 Å². The fraction of sp³-hybridized carbons (Fsp3) is 0.727. The van der Waals surface area contributed by atoms with Gasteiger partial charge >= 0.3 is 0 Å². The number of aromatic nitrogens is 2. The second kappa shape index (κ2) is 4.23. The summed E-state index contributed by atoms with van der Waals surface area (Å²) in [5.41, 5.74) is 7.01. The number of nitrogens with two attached hydrogens (primary N) is 1. The van der Waals surface area contributed by atoms with E-state index in [4.69, 9.17) is 5.73 Å². The normalized spacial score (nSPS) is 21.3. The van der Waals surface area contributed by atoms with Crippen molar-refractivity contribution in [1.29, 1.82) is 0 Å². The lowest BCUT2D eigenvalue weighted by Crippen LogP contribution is -2.28. The molecule has 0 saturated carbocycles. The standard InChI is InChI=1S/C11H20N4/c1-3-5-14-7-9(2)13-11(14)15-6-4-10(12)8-15/h7,10H,3-6,8,12H2,1-2H3. The van der Waals surface area contributed by atoms with Crippen LogP contribution in [0.3, 0.4) is 0 Å². The minimum atomic E-state index is 0.317. The molecule has 1 aromatic heterocycles. The summed E-state index contributed by atoms with van der Waals surface area (Å²) >= 11 is 0. The molecule has 4 nitrogen and oxygen atoms in total. The number of hydrogen-bond donors (Lipinski definition) is 1. The van der Waals surface area contributed by atoms with Crippen molar-refractivity contribution in [2.45, 2.75) is 39.3 Å². The van der Waals surface area contributed by atoms with Crippen molar-refractivity contribution in [3.63, 3.8) is 0 Å². The fourth-order valence-corrected chi connectivity index (χ4v) is 2.16. The highest BCUT2D eigenvalue weighted by Gasteiger charge is 2.22. The molecule has 0 radical (unpaired) electrons. The molecule has 1 aliphatic heterocycles. The Hall–Kier alpha value is -1.03. The van der Waals surface area contributed by atoms with Gasteiger partial charge in [-0.1, -0.05) is 6.92 Å². The maximum absolute atomic E-state index is 5.91. The van der Waals surface area contributed by atoms with Crippen LogP contribution < -0.4 is 10.6 Å². The smallest absolute Gasteiger partial charge is 0.205 e. The Balaban J connectivity index is 2.18. The van der Waals surface area contributed by atoms with Crippen molar-refractivity contribution in [2.75, 3.05) is 18.0 Å². The first-order valence-electron chi connectivity index (χ1n) is 5.75. The van der Waals surface area contributed by atoms with Gasteiger partial charge in [-0.3, -0.25) is 0 Å². The molecule has 4 heteroatoms. The maximum atomic E-state index is 5.91. The minimum absolute atomic E-state index is 0.317. The van der Waals surface area contributed by atoms with Crippen molar-refractivity contribution in [3.8, 4) is 0 Å². The van der Waals surface area contributed by atoms with Gasteiger partial charge in [-0.25, -0.2) is 4.98 Å². The van der Waals surface area contributed by atoms with Gasteiger partial charge in [0.1, 0.15) is 0 Å². The van der Waals surface area contributed by atoms with E-state index >= 15 is 0 Å². The van der Waals surface area contributed by atoms with Crippen LogP contribution in [0.15, 0.2) is 6.20 Å². The summed E-state index contributed by atoms with van der Waals surface area (Å²) in [5.74, 6) is 1.10. The van der Waals surface area contributed by atoms with E-state index in [0.717, 1.165) is 44.1 Å². The predicted molar refractivity (Wildman–Crippen MR) is 62.1 cm³/mol. The van der Waals surface area contributed by atoms with Crippen LogP contribution in [0.4, 0.5) is 5.95 Å². The van der Waals surface area contributed by atoms with Crippen LogP contribution in [0, 0.1) is 6.92 Å². The molecule has 1 aromatic rings. The topological polar surface area (TPSA) is 47.1 Å². The van der Waals surface area contributed by atoms with E-state index in [1.165, 1.54) is 0 Å². The number of hydrogen-bond acceptors (Lipinski definition) is 3. The number of aryl methyl sites for hydroxylation is 2. The maximum Gasteiger partial charge on any atom is 0.205 e. The van der Waals surface area contributed by atoms with Gasteiger partial charge < -0.3 is 15.2 Å². The van der Waals surface area contributed by atoms with Gasteiger partial charge in [-0.15, -0.1) is 0 Å². The Morgan fingerprint density at radius 1 is 1.60 bits per heavy atom. The van der Waals surface area contributed by atoms with Crippen molar-refractivity contribution in [3.05, 3.63) is 11.9 Å². The van der Waals surface area contributed by atoms with Crippen LogP contribution in [0.1, 0.15) is 25.5 Å².